The third kappa shape index (κ3) is 2.36. The summed E-state index contributed by atoms with van der Waals surface area (Å²) in [7, 11) is 1.49. The van der Waals surface area contributed by atoms with Gasteiger partial charge in [-0.2, -0.15) is 0 Å². The molecular formula is C14H10ClFO2. The first-order valence-electron chi connectivity index (χ1n) is 5.24. The van der Waals surface area contributed by atoms with Crippen LogP contribution in [0.15, 0.2) is 36.4 Å². The van der Waals surface area contributed by atoms with Gasteiger partial charge in [-0.15, -0.1) is 0 Å². The zero-order valence-corrected chi connectivity index (χ0v) is 10.4. The van der Waals surface area contributed by atoms with E-state index in [1.807, 2.05) is 0 Å². The molecule has 0 bridgehead atoms. The van der Waals surface area contributed by atoms with Gasteiger partial charge < -0.3 is 4.74 Å². The van der Waals surface area contributed by atoms with Gasteiger partial charge in [0.05, 0.1) is 12.1 Å². The lowest BCUT2D eigenvalue weighted by Crippen LogP contribution is -1.90. The van der Waals surface area contributed by atoms with Crippen molar-refractivity contribution in [3.05, 3.63) is 52.8 Å². The molecule has 0 aliphatic rings. The second-order valence-electron chi connectivity index (χ2n) is 3.71. The molecule has 0 aromatic heterocycles. The van der Waals surface area contributed by atoms with Crippen LogP contribution >= 0.6 is 11.6 Å². The lowest BCUT2D eigenvalue weighted by molar-refractivity contribution is 0.112. The monoisotopic (exact) mass is 264 g/mol. The molecule has 0 saturated heterocycles. The molecule has 0 N–H and O–H groups in total. The SMILES string of the molecule is COc1cc(-c2cc(C=O)ccc2F)ccc1Cl. The van der Waals surface area contributed by atoms with Crippen LogP contribution in [0.2, 0.25) is 5.02 Å². The molecule has 0 atom stereocenters. The van der Waals surface area contributed by atoms with Crippen LogP contribution in [-0.2, 0) is 0 Å². The molecule has 2 aromatic carbocycles. The van der Waals surface area contributed by atoms with Crippen molar-refractivity contribution in [1.82, 2.24) is 0 Å². The fourth-order valence-electron chi connectivity index (χ4n) is 1.66. The minimum atomic E-state index is -0.398. The number of methoxy groups -OCH3 is 1. The molecule has 92 valence electrons. The number of carbonyl (C=O) groups is 1. The largest absolute Gasteiger partial charge is 0.495 e. The van der Waals surface area contributed by atoms with E-state index in [0.717, 1.165) is 0 Å². The fraction of sp³-hybridized carbons (Fsp3) is 0.0714. The minimum Gasteiger partial charge on any atom is -0.495 e. The normalized spacial score (nSPS) is 10.2. The maximum atomic E-state index is 13.7. The van der Waals surface area contributed by atoms with Crippen molar-refractivity contribution in [2.24, 2.45) is 0 Å². The quantitative estimate of drug-likeness (QED) is 0.784. The Bertz CT molecular complexity index is 596. The zero-order chi connectivity index (χ0) is 13.1. The molecule has 2 rings (SSSR count). The summed E-state index contributed by atoms with van der Waals surface area (Å²) in [6.45, 7) is 0. The van der Waals surface area contributed by atoms with E-state index in [9.17, 15) is 9.18 Å². The maximum Gasteiger partial charge on any atom is 0.150 e. The van der Waals surface area contributed by atoms with E-state index in [1.165, 1.54) is 25.3 Å². The number of halogens is 2. The van der Waals surface area contributed by atoms with Crippen LogP contribution in [0.3, 0.4) is 0 Å². The highest BCUT2D eigenvalue weighted by Crippen LogP contribution is 2.31. The Morgan fingerprint density at radius 1 is 1.22 bits per heavy atom. The van der Waals surface area contributed by atoms with Crippen LogP contribution in [0.4, 0.5) is 4.39 Å². The Morgan fingerprint density at radius 2 is 2.00 bits per heavy atom. The van der Waals surface area contributed by atoms with Gasteiger partial charge in [-0.05, 0) is 35.9 Å². The standard InChI is InChI=1S/C14H10ClFO2/c1-18-14-7-10(3-4-12(14)15)11-6-9(8-17)2-5-13(11)16/h2-8H,1H3. The number of hydrogen-bond donors (Lipinski definition) is 0. The van der Waals surface area contributed by atoms with Crippen molar-refractivity contribution in [2.75, 3.05) is 7.11 Å². The Hall–Kier alpha value is -1.87. The number of rotatable bonds is 3. The van der Waals surface area contributed by atoms with Gasteiger partial charge in [0.25, 0.3) is 0 Å². The van der Waals surface area contributed by atoms with Crippen molar-refractivity contribution in [2.45, 2.75) is 0 Å². The number of carbonyl (C=O) groups excluding carboxylic acids is 1. The van der Waals surface area contributed by atoms with E-state index >= 15 is 0 Å². The molecule has 2 aromatic rings. The first-order chi connectivity index (χ1) is 8.65. The van der Waals surface area contributed by atoms with Crippen LogP contribution in [0, 0.1) is 5.82 Å². The molecule has 0 saturated carbocycles. The lowest BCUT2D eigenvalue weighted by Gasteiger charge is -2.08. The highest BCUT2D eigenvalue weighted by molar-refractivity contribution is 6.32. The molecule has 2 nitrogen and oxygen atoms in total. The second kappa shape index (κ2) is 5.19. The first kappa shape index (κ1) is 12.6. The van der Waals surface area contributed by atoms with Crippen LogP contribution in [-0.4, -0.2) is 13.4 Å². The average molecular weight is 265 g/mol. The molecule has 0 unspecified atom stereocenters. The number of benzene rings is 2. The second-order valence-corrected chi connectivity index (χ2v) is 4.11. The van der Waals surface area contributed by atoms with E-state index in [2.05, 4.69) is 0 Å². The molecule has 0 spiro atoms. The van der Waals surface area contributed by atoms with E-state index in [4.69, 9.17) is 16.3 Å². The summed E-state index contributed by atoms with van der Waals surface area (Å²) in [6, 6.07) is 9.13. The van der Waals surface area contributed by atoms with Gasteiger partial charge in [0.2, 0.25) is 0 Å². The number of aldehydes is 1. The highest BCUT2D eigenvalue weighted by Gasteiger charge is 2.09. The van der Waals surface area contributed by atoms with E-state index < -0.39 is 5.82 Å². The Labute approximate surface area is 109 Å². The van der Waals surface area contributed by atoms with Crippen molar-refractivity contribution >= 4 is 17.9 Å². The molecule has 0 radical (unpaired) electrons. The third-order valence-electron chi connectivity index (χ3n) is 2.59. The van der Waals surface area contributed by atoms with E-state index in [-0.39, 0.29) is 0 Å². The van der Waals surface area contributed by atoms with E-state index in [0.29, 0.717) is 33.7 Å². The van der Waals surface area contributed by atoms with Gasteiger partial charge in [0, 0.05) is 11.1 Å². The molecule has 0 fully saturated rings. The summed E-state index contributed by atoms with van der Waals surface area (Å²) < 4.78 is 18.8. The van der Waals surface area contributed by atoms with Crippen LogP contribution in [0.25, 0.3) is 11.1 Å². The van der Waals surface area contributed by atoms with Gasteiger partial charge in [-0.1, -0.05) is 17.7 Å². The van der Waals surface area contributed by atoms with E-state index in [1.54, 1.807) is 18.2 Å². The van der Waals surface area contributed by atoms with Crippen molar-refractivity contribution in [1.29, 1.82) is 0 Å². The summed E-state index contributed by atoms with van der Waals surface area (Å²) >= 11 is 5.91. The molecular weight excluding hydrogens is 255 g/mol. The summed E-state index contributed by atoms with van der Waals surface area (Å²) in [6.07, 6.45) is 0.677. The van der Waals surface area contributed by atoms with Crippen molar-refractivity contribution in [3.63, 3.8) is 0 Å². The first-order valence-corrected chi connectivity index (χ1v) is 5.62. The smallest absolute Gasteiger partial charge is 0.150 e. The number of hydrogen-bond acceptors (Lipinski definition) is 2. The van der Waals surface area contributed by atoms with Gasteiger partial charge in [-0.3, -0.25) is 4.79 Å². The van der Waals surface area contributed by atoms with Crippen molar-refractivity contribution in [3.8, 4) is 16.9 Å². The van der Waals surface area contributed by atoms with Crippen molar-refractivity contribution < 1.29 is 13.9 Å². The fourth-order valence-corrected chi connectivity index (χ4v) is 1.86. The maximum absolute atomic E-state index is 13.7. The summed E-state index contributed by atoms with van der Waals surface area (Å²) in [5, 5.41) is 0.452. The predicted molar refractivity (Wildman–Crippen MR) is 68.8 cm³/mol. The minimum absolute atomic E-state index is 0.342. The highest BCUT2D eigenvalue weighted by atomic mass is 35.5. The lowest BCUT2D eigenvalue weighted by atomic mass is 10.0. The van der Waals surface area contributed by atoms with Gasteiger partial charge >= 0.3 is 0 Å². The van der Waals surface area contributed by atoms with Gasteiger partial charge in [0.15, 0.2) is 0 Å². The molecule has 18 heavy (non-hydrogen) atoms. The Morgan fingerprint density at radius 3 is 2.67 bits per heavy atom. The molecule has 4 heteroatoms. The average Bonchev–Trinajstić information content (AvgIpc) is 2.40. The Balaban J connectivity index is 2.57. The van der Waals surface area contributed by atoms with Gasteiger partial charge in [-0.25, -0.2) is 4.39 Å². The summed E-state index contributed by atoms with van der Waals surface area (Å²) in [5.74, 6) is 0.0649. The molecule has 0 aliphatic carbocycles. The molecule has 0 amide bonds. The van der Waals surface area contributed by atoms with Crippen LogP contribution in [0.5, 0.6) is 5.75 Å². The van der Waals surface area contributed by atoms with Gasteiger partial charge in [0.1, 0.15) is 17.9 Å². The topological polar surface area (TPSA) is 26.3 Å². The number of ether oxygens (including phenoxy) is 1. The summed E-state index contributed by atoms with van der Waals surface area (Å²) in [4.78, 5) is 10.7. The van der Waals surface area contributed by atoms with Crippen LogP contribution in [0.1, 0.15) is 10.4 Å². The van der Waals surface area contributed by atoms with Crippen LogP contribution < -0.4 is 4.74 Å². The molecule has 0 aliphatic heterocycles. The predicted octanol–water partition coefficient (Wildman–Crippen LogP) is 3.97. The zero-order valence-electron chi connectivity index (χ0n) is 9.61. The third-order valence-corrected chi connectivity index (χ3v) is 2.90. The molecule has 0 heterocycles. The summed E-state index contributed by atoms with van der Waals surface area (Å²) in [5.41, 5.74) is 1.37. The Kier molecular flexibility index (Phi) is 3.63.